The Hall–Kier alpha value is -2.86. The number of fused-ring (bicyclic) bond motifs is 1. The van der Waals surface area contributed by atoms with E-state index in [1.807, 2.05) is 24.3 Å². The zero-order valence-electron chi connectivity index (χ0n) is 13.4. The molecule has 1 aromatic carbocycles. The summed E-state index contributed by atoms with van der Waals surface area (Å²) in [6, 6.07) is 7.07. The average molecular weight is 324 g/mol. The minimum Gasteiger partial charge on any atom is -0.457 e. The Labute approximate surface area is 139 Å². The van der Waals surface area contributed by atoms with E-state index in [9.17, 15) is 9.59 Å². The zero-order valence-corrected chi connectivity index (χ0v) is 13.4. The molecule has 2 saturated heterocycles. The first-order valence-electron chi connectivity index (χ1n) is 7.55. The smallest absolute Gasteiger partial charge is 0.329 e. The molecule has 1 atom stereocenters. The number of urea groups is 1. The van der Waals surface area contributed by atoms with E-state index in [0.29, 0.717) is 29.3 Å². The van der Waals surface area contributed by atoms with E-state index in [4.69, 9.17) is 9.47 Å². The van der Waals surface area contributed by atoms with Crippen molar-refractivity contribution in [1.29, 1.82) is 0 Å². The van der Waals surface area contributed by atoms with Gasteiger partial charge in [0.15, 0.2) is 0 Å². The van der Waals surface area contributed by atoms with Gasteiger partial charge in [-0.25, -0.2) is 4.79 Å². The maximum atomic E-state index is 12.9. The maximum Gasteiger partial charge on any atom is 0.329 e. The average Bonchev–Trinajstić information content (AvgIpc) is 3.39. The fourth-order valence-corrected chi connectivity index (χ4v) is 3.16. The van der Waals surface area contributed by atoms with Gasteiger partial charge in [0.2, 0.25) is 5.72 Å². The summed E-state index contributed by atoms with van der Waals surface area (Å²) in [5, 5.41) is 0. The summed E-state index contributed by atoms with van der Waals surface area (Å²) in [5.74, 6) is 0.826. The number of allylic oxidation sites excluding steroid dienone is 3. The lowest BCUT2D eigenvalue weighted by Crippen LogP contribution is -2.57. The topological polar surface area (TPSA) is 62.4 Å². The highest BCUT2D eigenvalue weighted by molar-refractivity contribution is 6.14. The number of imide groups is 1. The predicted molar refractivity (Wildman–Crippen MR) is 86.9 cm³/mol. The molecule has 0 N–H and O–H groups in total. The van der Waals surface area contributed by atoms with E-state index in [0.717, 1.165) is 10.5 Å². The third-order valence-electron chi connectivity index (χ3n) is 4.60. The van der Waals surface area contributed by atoms with Crippen molar-refractivity contribution >= 4 is 17.5 Å². The van der Waals surface area contributed by atoms with Crippen molar-refractivity contribution in [3.8, 4) is 5.75 Å². The molecule has 0 aromatic heterocycles. The first kappa shape index (κ1) is 14.7. The van der Waals surface area contributed by atoms with Crippen LogP contribution in [0, 0.1) is 0 Å². The van der Waals surface area contributed by atoms with Crippen LogP contribution in [-0.4, -0.2) is 48.2 Å². The molecule has 1 aromatic rings. The number of hydrogen-bond donors (Lipinski definition) is 0. The second-order valence-electron chi connectivity index (χ2n) is 5.92. The Bertz CT molecular complexity index is 848. The molecule has 6 nitrogen and oxygen atoms in total. The minimum absolute atomic E-state index is 0.300. The van der Waals surface area contributed by atoms with Crippen LogP contribution >= 0.6 is 0 Å². The van der Waals surface area contributed by atoms with Gasteiger partial charge in [0.05, 0.1) is 5.57 Å². The van der Waals surface area contributed by atoms with Crippen molar-refractivity contribution < 1.29 is 19.1 Å². The molecular formula is C18H16N2O4. The van der Waals surface area contributed by atoms with Crippen molar-refractivity contribution in [1.82, 2.24) is 9.80 Å². The first-order valence-corrected chi connectivity index (χ1v) is 7.55. The number of ether oxygens (including phenoxy) is 2. The van der Waals surface area contributed by atoms with Gasteiger partial charge in [0.25, 0.3) is 5.91 Å². The van der Waals surface area contributed by atoms with Gasteiger partial charge in [-0.1, -0.05) is 24.8 Å². The van der Waals surface area contributed by atoms with E-state index in [2.05, 4.69) is 6.58 Å². The number of likely N-dealkylation sites (N-methyl/N-ethyl adjacent to an activating group) is 2. The standard InChI is InChI=1S/C18H16N2O4/c1-4-11-9-13(12-7-5-6-8-14(12)24-11)15-16(21)19(2)17(22)20(3)18(15)10-23-18/h4-9H,1,10H2,2-3H3/b15-13+. The van der Waals surface area contributed by atoms with Crippen molar-refractivity contribution in [3.05, 3.63) is 59.9 Å². The molecule has 3 heterocycles. The Balaban J connectivity index is 2.01. The summed E-state index contributed by atoms with van der Waals surface area (Å²) in [4.78, 5) is 27.7. The van der Waals surface area contributed by atoms with Crippen LogP contribution in [0.3, 0.4) is 0 Å². The molecule has 0 saturated carbocycles. The number of rotatable bonds is 1. The van der Waals surface area contributed by atoms with Crippen LogP contribution in [0.5, 0.6) is 5.75 Å². The number of benzene rings is 1. The van der Waals surface area contributed by atoms with Crippen LogP contribution in [0.2, 0.25) is 0 Å². The van der Waals surface area contributed by atoms with Crippen molar-refractivity contribution in [2.24, 2.45) is 0 Å². The lowest BCUT2D eigenvalue weighted by molar-refractivity contribution is -0.127. The van der Waals surface area contributed by atoms with E-state index >= 15 is 0 Å². The monoisotopic (exact) mass is 324 g/mol. The normalized spacial score (nSPS) is 28.5. The number of para-hydroxylation sites is 1. The minimum atomic E-state index is -0.997. The number of hydrogen-bond acceptors (Lipinski definition) is 4. The summed E-state index contributed by atoms with van der Waals surface area (Å²) in [6.45, 7) is 4.04. The quantitative estimate of drug-likeness (QED) is 0.586. The van der Waals surface area contributed by atoms with Crippen LogP contribution in [0.15, 0.2) is 54.3 Å². The number of amides is 3. The maximum absolute atomic E-state index is 12.9. The number of carbonyl (C=O) groups excluding carboxylic acids is 2. The van der Waals surface area contributed by atoms with Crippen molar-refractivity contribution in [2.45, 2.75) is 5.72 Å². The van der Waals surface area contributed by atoms with Gasteiger partial charge >= 0.3 is 6.03 Å². The van der Waals surface area contributed by atoms with Crippen LogP contribution in [-0.2, 0) is 9.53 Å². The summed E-state index contributed by atoms with van der Waals surface area (Å²) < 4.78 is 11.4. The van der Waals surface area contributed by atoms with E-state index in [1.54, 1.807) is 19.2 Å². The van der Waals surface area contributed by atoms with Crippen LogP contribution in [0.1, 0.15) is 5.56 Å². The second-order valence-corrected chi connectivity index (χ2v) is 5.92. The molecule has 122 valence electrons. The molecule has 0 aliphatic carbocycles. The van der Waals surface area contributed by atoms with Crippen LogP contribution < -0.4 is 4.74 Å². The largest absolute Gasteiger partial charge is 0.457 e. The van der Waals surface area contributed by atoms with Crippen molar-refractivity contribution in [3.63, 3.8) is 0 Å². The van der Waals surface area contributed by atoms with Gasteiger partial charge in [-0.3, -0.25) is 14.6 Å². The highest BCUT2D eigenvalue weighted by Gasteiger charge is 2.62. The number of epoxide rings is 1. The lowest BCUT2D eigenvalue weighted by Gasteiger charge is -2.37. The summed E-state index contributed by atoms with van der Waals surface area (Å²) in [7, 11) is 3.11. The SMILES string of the molecule is C=CC1=C/C(=C2/C(=O)N(C)C(=O)N(C)C23CO3)c2ccccc2O1. The molecule has 0 bridgehead atoms. The molecule has 1 unspecified atom stereocenters. The third kappa shape index (κ3) is 1.80. The molecule has 1 spiro atoms. The van der Waals surface area contributed by atoms with Gasteiger partial charge in [-0.15, -0.1) is 0 Å². The Morgan fingerprint density at radius 1 is 1.25 bits per heavy atom. The molecule has 3 aliphatic heterocycles. The molecular weight excluding hydrogens is 308 g/mol. The first-order chi connectivity index (χ1) is 11.5. The number of carbonyl (C=O) groups is 2. The van der Waals surface area contributed by atoms with Gasteiger partial charge < -0.3 is 9.47 Å². The van der Waals surface area contributed by atoms with Crippen molar-refractivity contribution in [2.75, 3.05) is 20.7 Å². The molecule has 6 heteroatoms. The van der Waals surface area contributed by atoms with Crippen LogP contribution in [0.25, 0.3) is 5.57 Å². The number of nitrogens with zero attached hydrogens (tertiary/aromatic N) is 2. The van der Waals surface area contributed by atoms with E-state index in [1.165, 1.54) is 11.9 Å². The highest BCUT2D eigenvalue weighted by Crippen LogP contribution is 2.48. The van der Waals surface area contributed by atoms with Gasteiger partial charge in [0.1, 0.15) is 18.1 Å². The summed E-state index contributed by atoms with van der Waals surface area (Å²) >= 11 is 0. The molecule has 0 radical (unpaired) electrons. The zero-order chi connectivity index (χ0) is 17.1. The fourth-order valence-electron chi connectivity index (χ4n) is 3.16. The molecule has 3 amide bonds. The molecule has 3 aliphatic rings. The fraction of sp³-hybridized carbons (Fsp3) is 0.222. The molecule has 4 rings (SSSR count). The Morgan fingerprint density at radius 3 is 2.62 bits per heavy atom. The van der Waals surface area contributed by atoms with Gasteiger partial charge in [0, 0.05) is 25.2 Å². The predicted octanol–water partition coefficient (Wildman–Crippen LogP) is 2.15. The van der Waals surface area contributed by atoms with Crippen LogP contribution in [0.4, 0.5) is 4.79 Å². The summed E-state index contributed by atoms with van der Waals surface area (Å²) in [6.07, 6.45) is 3.35. The van der Waals surface area contributed by atoms with Gasteiger partial charge in [-0.2, -0.15) is 0 Å². The third-order valence-corrected chi connectivity index (χ3v) is 4.60. The van der Waals surface area contributed by atoms with E-state index in [-0.39, 0.29) is 11.9 Å². The molecule has 24 heavy (non-hydrogen) atoms. The lowest BCUT2D eigenvalue weighted by atomic mass is 9.90. The summed E-state index contributed by atoms with van der Waals surface area (Å²) in [5.41, 5.74) is 0.934. The highest BCUT2D eigenvalue weighted by atomic mass is 16.6. The molecule has 2 fully saturated rings. The Morgan fingerprint density at radius 2 is 1.96 bits per heavy atom. The van der Waals surface area contributed by atoms with E-state index < -0.39 is 5.72 Å². The Kier molecular flexibility index (Phi) is 2.95. The van der Waals surface area contributed by atoms with Gasteiger partial charge in [-0.05, 0) is 18.2 Å². The second kappa shape index (κ2) is 4.82.